The highest BCUT2D eigenvalue weighted by Crippen LogP contribution is 2.26. The Balaban J connectivity index is 3.86. The third kappa shape index (κ3) is 6.69. The number of nitrogens with one attached hydrogen (secondary N) is 1. The number of esters is 1. The van der Waals surface area contributed by atoms with Crippen molar-refractivity contribution in [2.24, 2.45) is 0 Å². The van der Waals surface area contributed by atoms with Crippen molar-refractivity contribution in [3.63, 3.8) is 0 Å². The fourth-order valence-electron chi connectivity index (χ4n) is 0.561. The Morgan fingerprint density at radius 1 is 1.62 bits per heavy atom. The quantitative estimate of drug-likeness (QED) is 0.478. The number of halogens is 3. The molecule has 1 unspecified atom stereocenters. The maximum absolute atomic E-state index is 11.2. The molecular formula is C6H10Cl3NO2S. The van der Waals surface area contributed by atoms with Crippen molar-refractivity contribution in [1.82, 2.24) is 5.32 Å². The number of hydrogen-bond donors (Lipinski definition) is 1. The van der Waals surface area contributed by atoms with E-state index in [2.05, 4.69) is 5.32 Å². The molecule has 0 saturated carbocycles. The van der Waals surface area contributed by atoms with Gasteiger partial charge in [-0.3, -0.25) is 5.32 Å². The molecule has 0 aromatic rings. The summed E-state index contributed by atoms with van der Waals surface area (Å²) in [6, 6.07) is 0. The number of alkyl halides is 3. The Bertz CT molecular complexity index is 170. The normalized spacial score (nSPS) is 13.9. The number of carbonyl (C=O) groups is 1. The van der Waals surface area contributed by atoms with Crippen molar-refractivity contribution in [3.8, 4) is 0 Å². The van der Waals surface area contributed by atoms with Gasteiger partial charge in [0.25, 0.3) is 0 Å². The zero-order valence-electron chi connectivity index (χ0n) is 7.14. The van der Waals surface area contributed by atoms with Gasteiger partial charge >= 0.3 is 5.97 Å². The van der Waals surface area contributed by atoms with E-state index in [4.69, 9.17) is 39.5 Å². The second-order valence-corrected chi connectivity index (χ2v) is 5.59. The highest BCUT2D eigenvalue weighted by atomic mass is 35.6. The summed E-state index contributed by atoms with van der Waals surface area (Å²) in [7, 11) is 1.65. The van der Waals surface area contributed by atoms with Gasteiger partial charge in [-0.2, -0.15) is 0 Å². The minimum absolute atomic E-state index is 0.241. The number of hydrogen-bond acceptors (Lipinski definition) is 4. The minimum Gasteiger partial charge on any atom is -0.459 e. The highest BCUT2D eigenvalue weighted by molar-refractivity contribution is 7.99. The van der Waals surface area contributed by atoms with Gasteiger partial charge < -0.3 is 4.74 Å². The molecule has 0 fully saturated rings. The molecule has 0 radical (unpaired) electrons. The molecule has 7 heteroatoms. The lowest BCUT2D eigenvalue weighted by atomic mass is 10.6. The number of rotatable bonds is 4. The summed E-state index contributed by atoms with van der Waals surface area (Å²) in [5, 5.41) is 2.32. The third-order valence-electron chi connectivity index (χ3n) is 1.09. The van der Waals surface area contributed by atoms with Gasteiger partial charge in [0.2, 0.25) is 3.79 Å². The predicted octanol–water partition coefficient (Wildman–Crippen LogP) is 1.81. The van der Waals surface area contributed by atoms with E-state index in [1.807, 2.05) is 0 Å². The smallest absolute Gasteiger partial charge is 0.333 e. The number of ether oxygens (including phenoxy) is 1. The first-order valence-electron chi connectivity index (χ1n) is 3.34. The molecule has 78 valence electrons. The molecule has 0 aromatic heterocycles. The molecule has 0 spiro atoms. The molecule has 0 heterocycles. The number of thioether (sulfide) groups is 1. The molecule has 3 nitrogen and oxygen atoms in total. The van der Waals surface area contributed by atoms with Crippen molar-refractivity contribution < 1.29 is 9.53 Å². The van der Waals surface area contributed by atoms with Crippen LogP contribution in [0.25, 0.3) is 0 Å². The van der Waals surface area contributed by atoms with Crippen molar-refractivity contribution in [2.75, 3.05) is 19.9 Å². The second-order valence-electron chi connectivity index (χ2n) is 2.13. The van der Waals surface area contributed by atoms with Crippen LogP contribution in [0.3, 0.4) is 0 Å². The van der Waals surface area contributed by atoms with E-state index in [0.29, 0.717) is 0 Å². The van der Waals surface area contributed by atoms with Crippen molar-refractivity contribution in [1.29, 1.82) is 0 Å². The van der Waals surface area contributed by atoms with Crippen molar-refractivity contribution in [3.05, 3.63) is 0 Å². The lowest BCUT2D eigenvalue weighted by Crippen LogP contribution is -2.34. The molecule has 0 rings (SSSR count). The topological polar surface area (TPSA) is 38.3 Å². The van der Waals surface area contributed by atoms with Crippen LogP contribution in [0.15, 0.2) is 0 Å². The molecule has 1 N–H and O–H groups in total. The van der Waals surface area contributed by atoms with Crippen LogP contribution in [0.1, 0.15) is 0 Å². The fourth-order valence-corrected chi connectivity index (χ4v) is 1.22. The average Bonchev–Trinajstić information content (AvgIpc) is 2.02. The molecule has 0 amide bonds. The number of likely N-dealkylation sites (N-methyl/N-ethyl adjacent to an activating group) is 1. The Hall–Kier alpha value is 0.650. The van der Waals surface area contributed by atoms with Gasteiger partial charge in [-0.1, -0.05) is 34.8 Å². The largest absolute Gasteiger partial charge is 0.459 e. The van der Waals surface area contributed by atoms with Crippen LogP contribution in [-0.2, 0) is 9.53 Å². The van der Waals surface area contributed by atoms with Gasteiger partial charge in [0.05, 0.1) is 0 Å². The zero-order chi connectivity index (χ0) is 10.5. The maximum Gasteiger partial charge on any atom is 0.333 e. The molecule has 0 aliphatic rings. The number of carbonyl (C=O) groups excluding carboxylic acids is 1. The van der Waals surface area contributed by atoms with Crippen LogP contribution in [0.4, 0.5) is 0 Å². The Morgan fingerprint density at radius 2 is 2.15 bits per heavy atom. The predicted molar refractivity (Wildman–Crippen MR) is 57.6 cm³/mol. The van der Waals surface area contributed by atoms with Gasteiger partial charge in [0, 0.05) is 0 Å². The van der Waals surface area contributed by atoms with E-state index in [-0.39, 0.29) is 6.61 Å². The first kappa shape index (κ1) is 13.7. The second kappa shape index (κ2) is 6.19. The summed E-state index contributed by atoms with van der Waals surface area (Å²) in [6.45, 7) is -0.241. The van der Waals surface area contributed by atoms with E-state index in [1.54, 1.807) is 13.3 Å². The molecule has 0 aliphatic heterocycles. The standard InChI is InChI=1S/C6H10Cl3NO2S/c1-10-4(13-2)5(11)12-3-6(7,8)9/h4,10H,3H2,1-2H3. The maximum atomic E-state index is 11.2. The van der Waals surface area contributed by atoms with Gasteiger partial charge in [0.15, 0.2) is 5.37 Å². The Labute approximate surface area is 96.4 Å². The summed E-state index contributed by atoms with van der Waals surface area (Å²) < 4.78 is 3.18. The molecule has 0 saturated heterocycles. The summed E-state index contributed by atoms with van der Waals surface area (Å²) >= 11 is 17.5. The van der Waals surface area contributed by atoms with Crippen LogP contribution in [0, 0.1) is 0 Å². The monoisotopic (exact) mass is 265 g/mol. The van der Waals surface area contributed by atoms with Gasteiger partial charge in [0.1, 0.15) is 6.61 Å². The SMILES string of the molecule is CNC(SC)C(=O)OCC(Cl)(Cl)Cl. The van der Waals surface area contributed by atoms with Crippen LogP contribution in [0.2, 0.25) is 0 Å². The minimum atomic E-state index is -1.55. The molecule has 0 aromatic carbocycles. The average molecular weight is 267 g/mol. The molecular weight excluding hydrogens is 256 g/mol. The van der Waals surface area contributed by atoms with Crippen molar-refractivity contribution >= 4 is 52.5 Å². The first-order valence-corrected chi connectivity index (χ1v) is 5.76. The van der Waals surface area contributed by atoms with Gasteiger partial charge in [-0.05, 0) is 13.3 Å². The van der Waals surface area contributed by atoms with Crippen LogP contribution >= 0.6 is 46.6 Å². The third-order valence-corrected chi connectivity index (χ3v) is 2.32. The molecule has 0 bridgehead atoms. The van der Waals surface area contributed by atoms with Gasteiger partial charge in [-0.25, -0.2) is 4.79 Å². The van der Waals surface area contributed by atoms with E-state index in [0.717, 1.165) is 0 Å². The Morgan fingerprint density at radius 3 is 2.46 bits per heavy atom. The molecule has 1 atom stereocenters. The molecule has 13 heavy (non-hydrogen) atoms. The van der Waals surface area contributed by atoms with Crippen molar-refractivity contribution in [2.45, 2.75) is 9.17 Å². The lowest BCUT2D eigenvalue weighted by Gasteiger charge is -2.15. The first-order chi connectivity index (χ1) is 5.90. The summed E-state index contributed by atoms with van der Waals surface area (Å²) in [4.78, 5) is 11.2. The van der Waals surface area contributed by atoms with Crippen LogP contribution in [0.5, 0.6) is 0 Å². The summed E-state index contributed by atoms with van der Waals surface area (Å²) in [5.74, 6) is -0.443. The zero-order valence-corrected chi connectivity index (χ0v) is 10.2. The fraction of sp³-hybridized carbons (Fsp3) is 0.833. The Kier molecular flexibility index (Phi) is 6.50. The van der Waals surface area contributed by atoms with E-state index >= 15 is 0 Å². The lowest BCUT2D eigenvalue weighted by molar-refractivity contribution is -0.143. The van der Waals surface area contributed by atoms with E-state index < -0.39 is 15.1 Å². The summed E-state index contributed by atoms with van der Waals surface area (Å²) in [5.41, 5.74) is 0. The van der Waals surface area contributed by atoms with Gasteiger partial charge in [-0.15, -0.1) is 11.8 Å². The molecule has 0 aliphatic carbocycles. The van der Waals surface area contributed by atoms with E-state index in [9.17, 15) is 4.79 Å². The van der Waals surface area contributed by atoms with Crippen LogP contribution in [-0.4, -0.2) is 35.0 Å². The van der Waals surface area contributed by atoms with Crippen LogP contribution < -0.4 is 5.32 Å². The highest BCUT2D eigenvalue weighted by Gasteiger charge is 2.24. The summed E-state index contributed by atoms with van der Waals surface area (Å²) in [6.07, 6.45) is 1.78. The van der Waals surface area contributed by atoms with E-state index in [1.165, 1.54) is 11.8 Å².